The molecular formula is C13H20N4O. The smallest absolute Gasteiger partial charge is 0.128 e. The van der Waals surface area contributed by atoms with Crippen molar-refractivity contribution in [2.24, 2.45) is 0 Å². The van der Waals surface area contributed by atoms with Gasteiger partial charge >= 0.3 is 0 Å². The lowest BCUT2D eigenvalue weighted by Crippen LogP contribution is -2.22. The lowest BCUT2D eigenvalue weighted by Gasteiger charge is -2.08. The van der Waals surface area contributed by atoms with Crippen LogP contribution in [-0.4, -0.2) is 21.0 Å². The summed E-state index contributed by atoms with van der Waals surface area (Å²) < 4.78 is 6.84. The highest BCUT2D eigenvalue weighted by Gasteiger charge is 2.12. The summed E-state index contributed by atoms with van der Waals surface area (Å²) in [6.45, 7) is 10.0. The lowest BCUT2D eigenvalue weighted by molar-refractivity contribution is 0.418. The molecule has 5 nitrogen and oxygen atoms in total. The van der Waals surface area contributed by atoms with Crippen molar-refractivity contribution in [2.75, 3.05) is 0 Å². The molecule has 0 fully saturated rings. The Morgan fingerprint density at radius 3 is 2.78 bits per heavy atom. The van der Waals surface area contributed by atoms with Gasteiger partial charge in [-0.25, -0.2) is 0 Å². The van der Waals surface area contributed by atoms with Gasteiger partial charge in [0.05, 0.1) is 18.4 Å². The van der Waals surface area contributed by atoms with Crippen LogP contribution < -0.4 is 5.32 Å². The molecule has 0 aromatic carbocycles. The highest BCUT2D eigenvalue weighted by Crippen LogP contribution is 2.14. The normalized spacial score (nSPS) is 11.4. The first-order valence-corrected chi connectivity index (χ1v) is 6.22. The van der Waals surface area contributed by atoms with E-state index in [1.807, 2.05) is 4.68 Å². The zero-order valence-electron chi connectivity index (χ0n) is 11.4. The summed E-state index contributed by atoms with van der Waals surface area (Å²) in [5.74, 6) is 0. The van der Waals surface area contributed by atoms with E-state index >= 15 is 0 Å². The van der Waals surface area contributed by atoms with E-state index in [0.717, 1.165) is 17.8 Å². The first-order valence-electron chi connectivity index (χ1n) is 6.22. The third-order valence-corrected chi connectivity index (χ3v) is 3.03. The predicted octanol–water partition coefficient (Wildman–Crippen LogP) is 2.03. The largest absolute Gasteiger partial charge is 0.364 e. The molecule has 0 amide bonds. The van der Waals surface area contributed by atoms with Crippen LogP contribution in [0.5, 0.6) is 0 Å². The average Bonchev–Trinajstić information content (AvgIpc) is 2.88. The summed E-state index contributed by atoms with van der Waals surface area (Å²) in [4.78, 5) is 0. The second-order valence-corrected chi connectivity index (χ2v) is 4.88. The predicted molar refractivity (Wildman–Crippen MR) is 69.3 cm³/mol. The van der Waals surface area contributed by atoms with Crippen LogP contribution >= 0.6 is 0 Å². The molecule has 5 heteroatoms. The Hall–Kier alpha value is -1.62. The maximum absolute atomic E-state index is 4.84. The molecule has 0 spiro atoms. The molecular weight excluding hydrogens is 228 g/mol. The Morgan fingerprint density at radius 1 is 1.39 bits per heavy atom. The Kier molecular flexibility index (Phi) is 3.81. The van der Waals surface area contributed by atoms with Gasteiger partial charge in [0.25, 0.3) is 0 Å². The molecule has 0 radical (unpaired) electrons. The van der Waals surface area contributed by atoms with Crippen LogP contribution in [0.2, 0.25) is 0 Å². The van der Waals surface area contributed by atoms with Gasteiger partial charge in [0, 0.05) is 29.4 Å². The SMILES string of the molecule is Cc1nn(Cc2cnoc2)c(C)c1CNC(C)C. The minimum atomic E-state index is 0.477. The third kappa shape index (κ3) is 2.79. The Balaban J connectivity index is 2.15. The molecule has 98 valence electrons. The molecule has 0 saturated carbocycles. The maximum atomic E-state index is 4.84. The highest BCUT2D eigenvalue weighted by molar-refractivity contribution is 5.25. The molecule has 0 atom stereocenters. The van der Waals surface area contributed by atoms with E-state index in [4.69, 9.17) is 4.52 Å². The van der Waals surface area contributed by atoms with Gasteiger partial charge in [0.15, 0.2) is 0 Å². The minimum Gasteiger partial charge on any atom is -0.364 e. The van der Waals surface area contributed by atoms with Gasteiger partial charge in [0.1, 0.15) is 6.26 Å². The fraction of sp³-hybridized carbons (Fsp3) is 0.538. The number of hydrogen-bond donors (Lipinski definition) is 1. The van der Waals surface area contributed by atoms with E-state index < -0.39 is 0 Å². The second-order valence-electron chi connectivity index (χ2n) is 4.88. The van der Waals surface area contributed by atoms with Crippen LogP contribution in [0.15, 0.2) is 17.0 Å². The number of nitrogens with one attached hydrogen (secondary N) is 1. The van der Waals surface area contributed by atoms with E-state index in [1.54, 1.807) is 12.5 Å². The second kappa shape index (κ2) is 5.35. The van der Waals surface area contributed by atoms with Gasteiger partial charge in [0.2, 0.25) is 0 Å². The van der Waals surface area contributed by atoms with Gasteiger partial charge < -0.3 is 9.84 Å². The summed E-state index contributed by atoms with van der Waals surface area (Å²) in [6, 6.07) is 0.477. The van der Waals surface area contributed by atoms with Gasteiger partial charge in [-0.15, -0.1) is 0 Å². The molecule has 18 heavy (non-hydrogen) atoms. The molecule has 2 aromatic rings. The molecule has 1 N–H and O–H groups in total. The van der Waals surface area contributed by atoms with Crippen molar-refractivity contribution in [1.29, 1.82) is 0 Å². The van der Waals surface area contributed by atoms with Crippen LogP contribution in [0.3, 0.4) is 0 Å². The first-order chi connectivity index (χ1) is 8.58. The van der Waals surface area contributed by atoms with Gasteiger partial charge in [-0.3, -0.25) is 4.68 Å². The van der Waals surface area contributed by atoms with Crippen molar-refractivity contribution in [2.45, 2.75) is 46.8 Å². The molecule has 0 bridgehead atoms. The number of aryl methyl sites for hydroxylation is 1. The summed E-state index contributed by atoms with van der Waals surface area (Å²) in [7, 11) is 0. The number of nitrogens with zero attached hydrogens (tertiary/aromatic N) is 3. The van der Waals surface area contributed by atoms with Crippen molar-refractivity contribution in [3.63, 3.8) is 0 Å². The fourth-order valence-electron chi connectivity index (χ4n) is 1.93. The first kappa shape index (κ1) is 12.8. The quantitative estimate of drug-likeness (QED) is 0.879. The summed E-state index contributed by atoms with van der Waals surface area (Å²) in [5, 5.41) is 11.7. The monoisotopic (exact) mass is 248 g/mol. The van der Waals surface area contributed by atoms with Crippen LogP contribution in [-0.2, 0) is 13.1 Å². The number of rotatable bonds is 5. The minimum absolute atomic E-state index is 0.477. The van der Waals surface area contributed by atoms with Crippen LogP contribution in [0.25, 0.3) is 0 Å². The van der Waals surface area contributed by atoms with Crippen molar-refractivity contribution in [3.8, 4) is 0 Å². The van der Waals surface area contributed by atoms with E-state index in [0.29, 0.717) is 12.6 Å². The molecule has 0 aliphatic carbocycles. The summed E-state index contributed by atoms with van der Waals surface area (Å²) in [6.07, 6.45) is 3.38. The molecule has 2 aromatic heterocycles. The molecule has 0 saturated heterocycles. The Bertz CT molecular complexity index is 499. The lowest BCUT2D eigenvalue weighted by atomic mass is 10.2. The van der Waals surface area contributed by atoms with Gasteiger partial charge in [-0.2, -0.15) is 5.10 Å². The topological polar surface area (TPSA) is 55.9 Å². The van der Waals surface area contributed by atoms with Crippen molar-refractivity contribution >= 4 is 0 Å². The van der Waals surface area contributed by atoms with Gasteiger partial charge in [-0.1, -0.05) is 19.0 Å². The number of hydrogen-bond acceptors (Lipinski definition) is 4. The van der Waals surface area contributed by atoms with E-state index in [2.05, 4.69) is 43.3 Å². The maximum Gasteiger partial charge on any atom is 0.128 e. The summed E-state index contributed by atoms with van der Waals surface area (Å²) in [5.41, 5.74) is 4.59. The third-order valence-electron chi connectivity index (χ3n) is 3.03. The summed E-state index contributed by atoms with van der Waals surface area (Å²) >= 11 is 0. The van der Waals surface area contributed by atoms with Gasteiger partial charge in [-0.05, 0) is 13.8 Å². The van der Waals surface area contributed by atoms with Crippen LogP contribution in [0.4, 0.5) is 0 Å². The highest BCUT2D eigenvalue weighted by atomic mass is 16.5. The van der Waals surface area contributed by atoms with E-state index in [-0.39, 0.29) is 0 Å². The molecule has 2 heterocycles. The zero-order valence-corrected chi connectivity index (χ0v) is 11.4. The van der Waals surface area contributed by atoms with Crippen LogP contribution in [0.1, 0.15) is 36.4 Å². The Labute approximate surface area is 107 Å². The zero-order chi connectivity index (χ0) is 13.1. The van der Waals surface area contributed by atoms with E-state index in [1.165, 1.54) is 11.3 Å². The van der Waals surface area contributed by atoms with Crippen molar-refractivity contribution < 1.29 is 4.52 Å². The number of aromatic nitrogens is 3. The van der Waals surface area contributed by atoms with Crippen LogP contribution in [0, 0.1) is 13.8 Å². The molecule has 0 aliphatic heterocycles. The van der Waals surface area contributed by atoms with Crippen molar-refractivity contribution in [1.82, 2.24) is 20.3 Å². The molecule has 2 rings (SSSR count). The molecule has 0 unspecified atom stereocenters. The van der Waals surface area contributed by atoms with E-state index in [9.17, 15) is 0 Å². The van der Waals surface area contributed by atoms with Crippen molar-refractivity contribution in [3.05, 3.63) is 35.0 Å². The standard InChI is InChI=1S/C13H20N4O/c1-9(2)14-6-13-10(3)16-17(11(13)4)7-12-5-15-18-8-12/h5,8-9,14H,6-7H2,1-4H3. The molecule has 0 aliphatic rings. The Morgan fingerprint density at radius 2 is 2.17 bits per heavy atom. The fourth-order valence-corrected chi connectivity index (χ4v) is 1.93. The average molecular weight is 248 g/mol.